The lowest BCUT2D eigenvalue weighted by atomic mass is 9.81. The Labute approximate surface area is 301 Å². The molecule has 2 fully saturated rings. The summed E-state index contributed by atoms with van der Waals surface area (Å²) >= 11 is 0. The minimum absolute atomic E-state index is 0.183. The molecule has 0 spiro atoms. The molecule has 3 aromatic rings. The lowest BCUT2D eigenvalue weighted by molar-refractivity contribution is -0.392. The van der Waals surface area contributed by atoms with Crippen LogP contribution in [0.3, 0.4) is 0 Å². The first-order valence-electron chi connectivity index (χ1n) is 16.3. The fraction of sp³-hybridized carbons (Fsp3) is 0.429. The number of likely N-dealkylation sites (tertiary alicyclic amines) is 1. The van der Waals surface area contributed by atoms with E-state index in [0.717, 1.165) is 42.5 Å². The Kier molecular flexibility index (Phi) is 11.1. The van der Waals surface area contributed by atoms with Crippen LogP contribution in [0.2, 0.25) is 0 Å². The van der Waals surface area contributed by atoms with Crippen molar-refractivity contribution in [2.45, 2.75) is 72.7 Å². The number of aliphatic carboxylic acids is 1. The Hall–Kier alpha value is -4.39. The highest BCUT2D eigenvalue weighted by Crippen LogP contribution is 2.54. The maximum Gasteiger partial charge on any atom is 0.573 e. The molecule has 1 N–H and O–H groups in total. The van der Waals surface area contributed by atoms with E-state index in [-0.39, 0.29) is 44.2 Å². The summed E-state index contributed by atoms with van der Waals surface area (Å²) in [5.74, 6) is -4.80. The molecule has 54 heavy (non-hydrogen) atoms. The van der Waals surface area contributed by atoms with Gasteiger partial charge in [-0.25, -0.2) is 12.8 Å². The quantitative estimate of drug-likeness (QED) is 0.163. The van der Waals surface area contributed by atoms with Gasteiger partial charge >= 0.3 is 24.7 Å². The van der Waals surface area contributed by atoms with Gasteiger partial charge in [0, 0.05) is 30.1 Å². The Morgan fingerprint density at radius 2 is 1.35 bits per heavy atom. The number of benzene rings is 3. The second-order valence-corrected chi connectivity index (χ2v) is 15.3. The average Bonchev–Trinajstić information content (AvgIpc) is 3.55. The first kappa shape index (κ1) is 40.8. The summed E-state index contributed by atoms with van der Waals surface area (Å²) in [7, 11) is -4.68. The SMILES string of the molecule is O=C(O)[C@H]1CC[C@H](C(=O)N2CC[C@](c3ccc(C(OCc4ccccc4OC(F)(F)F)(C(F)(F)F)C(F)(F)F)cc3)(S(=O)(=O)c3ccc(F)cc3)C2)CC1. The zero-order valence-corrected chi connectivity index (χ0v) is 28.6. The van der Waals surface area contributed by atoms with Gasteiger partial charge in [-0.05, 0) is 68.0 Å². The molecule has 0 aromatic heterocycles. The van der Waals surface area contributed by atoms with Gasteiger partial charge in [-0.15, -0.1) is 13.2 Å². The highest BCUT2D eigenvalue weighted by atomic mass is 32.2. The van der Waals surface area contributed by atoms with Crippen LogP contribution in [0.25, 0.3) is 0 Å². The average molecular weight is 800 g/mol. The second kappa shape index (κ2) is 14.7. The predicted octanol–water partition coefficient (Wildman–Crippen LogP) is 8.05. The molecule has 3 aromatic carbocycles. The molecule has 1 saturated carbocycles. The maximum atomic E-state index is 14.7. The van der Waals surface area contributed by atoms with Crippen LogP contribution in [0.1, 0.15) is 48.8 Å². The summed E-state index contributed by atoms with van der Waals surface area (Å²) in [6.07, 6.45) is -17.5. The van der Waals surface area contributed by atoms with Crippen molar-refractivity contribution in [1.29, 1.82) is 0 Å². The van der Waals surface area contributed by atoms with E-state index >= 15 is 0 Å². The van der Waals surface area contributed by atoms with Crippen LogP contribution in [0.15, 0.2) is 77.7 Å². The van der Waals surface area contributed by atoms with Crippen molar-refractivity contribution >= 4 is 21.7 Å². The van der Waals surface area contributed by atoms with Gasteiger partial charge in [0.05, 0.1) is 17.4 Å². The number of para-hydroxylation sites is 1. The molecule has 5 rings (SSSR count). The number of carbonyl (C=O) groups is 2. The van der Waals surface area contributed by atoms with Gasteiger partial charge in [0.1, 0.15) is 16.3 Å². The minimum Gasteiger partial charge on any atom is -0.481 e. The summed E-state index contributed by atoms with van der Waals surface area (Å²) < 4.78 is 175. The van der Waals surface area contributed by atoms with Crippen molar-refractivity contribution in [2.24, 2.45) is 11.8 Å². The first-order valence-corrected chi connectivity index (χ1v) is 17.7. The number of ether oxygens (including phenoxy) is 2. The molecule has 8 nitrogen and oxygen atoms in total. The smallest absolute Gasteiger partial charge is 0.481 e. The molecule has 19 heteroatoms. The Morgan fingerprint density at radius 3 is 1.89 bits per heavy atom. The monoisotopic (exact) mass is 799 g/mol. The van der Waals surface area contributed by atoms with Crippen LogP contribution in [0, 0.1) is 17.7 Å². The summed E-state index contributed by atoms with van der Waals surface area (Å²) in [5, 5.41) is 9.31. The van der Waals surface area contributed by atoms with E-state index in [0.29, 0.717) is 30.3 Å². The van der Waals surface area contributed by atoms with E-state index < -0.39 is 103 Å². The lowest BCUT2D eigenvalue weighted by Gasteiger charge is -2.38. The second-order valence-electron chi connectivity index (χ2n) is 13.0. The van der Waals surface area contributed by atoms with Crippen molar-refractivity contribution in [1.82, 2.24) is 4.90 Å². The number of sulfone groups is 1. The molecule has 294 valence electrons. The van der Waals surface area contributed by atoms with E-state index in [1.165, 1.54) is 4.90 Å². The summed E-state index contributed by atoms with van der Waals surface area (Å²) in [6, 6.07) is 9.09. The summed E-state index contributed by atoms with van der Waals surface area (Å²) in [5.41, 5.74) is -7.85. The number of carboxylic acids is 1. The topological polar surface area (TPSA) is 110 Å². The summed E-state index contributed by atoms with van der Waals surface area (Å²) in [4.78, 5) is 25.7. The normalized spacial score (nSPS) is 21.6. The molecule has 1 atom stereocenters. The highest BCUT2D eigenvalue weighted by molar-refractivity contribution is 7.92. The molecule has 2 aliphatic rings. The van der Waals surface area contributed by atoms with E-state index in [1.807, 2.05) is 0 Å². The third kappa shape index (κ3) is 7.74. The molecule has 1 aliphatic heterocycles. The van der Waals surface area contributed by atoms with Gasteiger partial charge in [0.2, 0.25) is 5.91 Å². The number of carboxylic acid groups (broad SMARTS) is 1. The number of hydrogen-bond acceptors (Lipinski definition) is 6. The third-order valence-electron chi connectivity index (χ3n) is 9.87. The number of halogens is 10. The van der Waals surface area contributed by atoms with Crippen LogP contribution < -0.4 is 4.74 Å². The number of carbonyl (C=O) groups excluding carboxylic acids is 1. The van der Waals surface area contributed by atoms with Gasteiger partial charge in [-0.2, -0.15) is 26.3 Å². The number of rotatable bonds is 10. The molecule has 0 radical (unpaired) electrons. The zero-order chi connectivity index (χ0) is 39.9. The van der Waals surface area contributed by atoms with Crippen LogP contribution in [-0.4, -0.2) is 62.1 Å². The fourth-order valence-electron chi connectivity index (χ4n) is 7.04. The maximum absolute atomic E-state index is 14.7. The van der Waals surface area contributed by atoms with E-state index in [9.17, 15) is 67.0 Å². The van der Waals surface area contributed by atoms with Gasteiger partial charge < -0.3 is 19.5 Å². The first-order chi connectivity index (χ1) is 25.0. The Morgan fingerprint density at radius 1 is 0.796 bits per heavy atom. The van der Waals surface area contributed by atoms with Crippen molar-refractivity contribution in [3.63, 3.8) is 0 Å². The van der Waals surface area contributed by atoms with Crippen LogP contribution in [0.4, 0.5) is 43.9 Å². The molecule has 1 saturated heterocycles. The lowest BCUT2D eigenvalue weighted by Crippen LogP contribution is -2.55. The number of nitrogens with zero attached hydrogens (tertiary/aromatic N) is 1. The molecule has 1 amide bonds. The number of amides is 1. The van der Waals surface area contributed by atoms with Crippen molar-refractivity contribution in [3.05, 3.63) is 95.3 Å². The molecule has 1 aliphatic carbocycles. The molecular weight excluding hydrogens is 768 g/mol. The third-order valence-corrected chi connectivity index (χ3v) is 12.4. The van der Waals surface area contributed by atoms with Gasteiger partial charge in [-0.3, -0.25) is 9.59 Å². The molecule has 1 heterocycles. The Balaban J connectivity index is 1.55. The van der Waals surface area contributed by atoms with Crippen molar-refractivity contribution in [3.8, 4) is 5.75 Å². The van der Waals surface area contributed by atoms with E-state index in [4.69, 9.17) is 0 Å². The highest BCUT2D eigenvalue weighted by Gasteiger charge is 2.73. The fourth-order valence-corrected chi connectivity index (χ4v) is 9.12. The van der Waals surface area contributed by atoms with Crippen LogP contribution >= 0.6 is 0 Å². The summed E-state index contributed by atoms with van der Waals surface area (Å²) in [6.45, 7) is -2.47. The van der Waals surface area contributed by atoms with E-state index in [1.54, 1.807) is 0 Å². The minimum atomic E-state index is -6.28. The molecular formula is C35H31F10NO7S. The van der Waals surface area contributed by atoms with E-state index in [2.05, 4.69) is 9.47 Å². The molecule has 0 unspecified atom stereocenters. The Bertz CT molecular complexity index is 1930. The van der Waals surface area contributed by atoms with Gasteiger partial charge in [-0.1, -0.05) is 42.5 Å². The largest absolute Gasteiger partial charge is 0.573 e. The standard InChI is InChI=1S/C35H31F10NO7S/c36-26-13-15-27(16-14-26)54(50,51)31(17-18-46(20-31)29(47)21-5-7-22(8-6-21)30(48)49)24-9-11-25(12-10-24)32(33(37,38)39,34(40,41)42)52-19-23-3-1-2-4-28(23)53-35(43,44)45/h1-4,9-16,21-22H,5-8,17-20H2,(H,48,49)/t21-,22-,31-/m0/s1. The molecule has 0 bridgehead atoms. The van der Waals surface area contributed by atoms with Crippen molar-refractivity contribution < 1.29 is 76.5 Å². The van der Waals surface area contributed by atoms with Crippen LogP contribution in [0.5, 0.6) is 5.75 Å². The number of hydrogen-bond donors (Lipinski definition) is 1. The van der Waals surface area contributed by atoms with Crippen LogP contribution in [-0.2, 0) is 41.1 Å². The van der Waals surface area contributed by atoms with Gasteiger partial charge in [0.25, 0.3) is 5.60 Å². The van der Waals surface area contributed by atoms with Gasteiger partial charge in [0.15, 0.2) is 9.84 Å². The zero-order valence-electron chi connectivity index (χ0n) is 27.8. The van der Waals surface area contributed by atoms with Crippen molar-refractivity contribution in [2.75, 3.05) is 13.1 Å². The number of alkyl halides is 9. The predicted molar refractivity (Wildman–Crippen MR) is 168 cm³/mol.